The number of hydrogen-bond acceptors (Lipinski definition) is 2. The summed E-state index contributed by atoms with van der Waals surface area (Å²) in [5, 5.41) is 7.52. The molecule has 0 spiro atoms. The SMILES string of the molecule is CCn1cc(CCC(=O)NC2CCCC2)c(C)n1. The zero-order chi connectivity index (χ0) is 13.0. The molecule has 0 bridgehead atoms. The maximum Gasteiger partial charge on any atom is 0.220 e. The first-order valence-corrected chi connectivity index (χ1v) is 7.01. The van der Waals surface area contributed by atoms with Crippen LogP contribution in [0.1, 0.15) is 50.3 Å². The van der Waals surface area contributed by atoms with E-state index in [2.05, 4.69) is 23.5 Å². The summed E-state index contributed by atoms with van der Waals surface area (Å²) in [7, 11) is 0. The molecule has 100 valence electrons. The molecule has 0 unspecified atom stereocenters. The molecule has 1 aromatic heterocycles. The quantitative estimate of drug-likeness (QED) is 0.869. The number of rotatable bonds is 5. The lowest BCUT2D eigenvalue weighted by Crippen LogP contribution is -2.32. The molecular formula is C14H23N3O. The lowest BCUT2D eigenvalue weighted by molar-refractivity contribution is -0.121. The van der Waals surface area contributed by atoms with E-state index < -0.39 is 0 Å². The average Bonchev–Trinajstić information content (AvgIpc) is 2.96. The fourth-order valence-electron chi connectivity index (χ4n) is 2.58. The molecule has 0 saturated heterocycles. The molecule has 1 saturated carbocycles. The maximum absolute atomic E-state index is 11.8. The third-order valence-corrected chi connectivity index (χ3v) is 3.71. The molecule has 1 amide bonds. The molecule has 18 heavy (non-hydrogen) atoms. The number of nitrogens with zero attached hydrogens (tertiary/aromatic N) is 2. The van der Waals surface area contributed by atoms with Gasteiger partial charge in [-0.15, -0.1) is 0 Å². The highest BCUT2D eigenvalue weighted by molar-refractivity contribution is 5.76. The first-order valence-electron chi connectivity index (χ1n) is 7.01. The monoisotopic (exact) mass is 249 g/mol. The van der Waals surface area contributed by atoms with Gasteiger partial charge in [-0.2, -0.15) is 5.10 Å². The number of aromatic nitrogens is 2. The van der Waals surface area contributed by atoms with Crippen molar-refractivity contribution in [2.75, 3.05) is 0 Å². The van der Waals surface area contributed by atoms with Crippen LogP contribution < -0.4 is 5.32 Å². The second-order valence-corrected chi connectivity index (χ2v) is 5.14. The van der Waals surface area contributed by atoms with Crippen molar-refractivity contribution in [3.63, 3.8) is 0 Å². The van der Waals surface area contributed by atoms with Crippen molar-refractivity contribution in [3.8, 4) is 0 Å². The molecule has 2 rings (SSSR count). The summed E-state index contributed by atoms with van der Waals surface area (Å²) in [6.07, 6.45) is 8.24. The number of nitrogens with one attached hydrogen (secondary N) is 1. The standard InChI is InChI=1S/C14H23N3O/c1-3-17-10-12(11(2)16-17)8-9-14(18)15-13-6-4-5-7-13/h10,13H,3-9H2,1-2H3,(H,15,18). The molecule has 1 fully saturated rings. The third kappa shape index (κ3) is 3.34. The van der Waals surface area contributed by atoms with E-state index in [9.17, 15) is 4.79 Å². The van der Waals surface area contributed by atoms with Crippen molar-refractivity contribution in [2.45, 2.75) is 65.0 Å². The minimum atomic E-state index is 0.186. The summed E-state index contributed by atoms with van der Waals surface area (Å²) in [4.78, 5) is 11.8. The van der Waals surface area contributed by atoms with Crippen LogP contribution in [0.2, 0.25) is 0 Å². The van der Waals surface area contributed by atoms with Crippen LogP contribution >= 0.6 is 0 Å². The second kappa shape index (κ2) is 6.03. The Bertz CT molecular complexity index is 405. The van der Waals surface area contributed by atoms with Crippen molar-refractivity contribution in [1.82, 2.24) is 15.1 Å². The van der Waals surface area contributed by atoms with Crippen LogP contribution in [-0.4, -0.2) is 21.7 Å². The number of aryl methyl sites for hydroxylation is 3. The van der Waals surface area contributed by atoms with Crippen LogP contribution in [0.15, 0.2) is 6.20 Å². The van der Waals surface area contributed by atoms with Crippen LogP contribution in [0.4, 0.5) is 0 Å². The summed E-state index contributed by atoms with van der Waals surface area (Å²) >= 11 is 0. The van der Waals surface area contributed by atoms with Crippen LogP contribution in [-0.2, 0) is 17.8 Å². The van der Waals surface area contributed by atoms with Crippen LogP contribution in [0.5, 0.6) is 0 Å². The zero-order valence-electron chi connectivity index (χ0n) is 11.4. The fraction of sp³-hybridized carbons (Fsp3) is 0.714. The highest BCUT2D eigenvalue weighted by atomic mass is 16.1. The Morgan fingerprint density at radius 2 is 2.22 bits per heavy atom. The van der Waals surface area contributed by atoms with E-state index in [4.69, 9.17) is 0 Å². The normalized spacial score (nSPS) is 16.1. The number of carbonyl (C=O) groups is 1. The largest absolute Gasteiger partial charge is 0.353 e. The summed E-state index contributed by atoms with van der Waals surface area (Å²) in [6, 6.07) is 0.428. The lowest BCUT2D eigenvalue weighted by atomic mass is 10.1. The predicted octanol–water partition coefficient (Wildman–Crippen LogP) is 2.20. The summed E-state index contributed by atoms with van der Waals surface area (Å²) in [5.41, 5.74) is 2.24. The van der Waals surface area contributed by atoms with Gasteiger partial charge in [0.2, 0.25) is 5.91 Å². The van der Waals surface area contributed by atoms with Gasteiger partial charge in [0.1, 0.15) is 0 Å². The molecule has 0 aromatic carbocycles. The van der Waals surface area contributed by atoms with Crippen LogP contribution in [0.25, 0.3) is 0 Å². The zero-order valence-corrected chi connectivity index (χ0v) is 11.4. The molecule has 0 aliphatic heterocycles. The first-order chi connectivity index (χ1) is 8.69. The first kappa shape index (κ1) is 13.1. The Labute approximate surface area is 109 Å². The van der Waals surface area contributed by atoms with E-state index in [0.29, 0.717) is 12.5 Å². The number of amides is 1. The topological polar surface area (TPSA) is 46.9 Å². The minimum absolute atomic E-state index is 0.186. The molecule has 1 aliphatic carbocycles. The van der Waals surface area contributed by atoms with Gasteiger partial charge >= 0.3 is 0 Å². The molecule has 1 heterocycles. The van der Waals surface area contributed by atoms with E-state index in [1.54, 1.807) is 0 Å². The lowest BCUT2D eigenvalue weighted by Gasteiger charge is -2.11. The van der Waals surface area contributed by atoms with Crippen molar-refractivity contribution in [3.05, 3.63) is 17.5 Å². The van der Waals surface area contributed by atoms with Crippen molar-refractivity contribution in [2.24, 2.45) is 0 Å². The van der Waals surface area contributed by atoms with Crippen molar-refractivity contribution < 1.29 is 4.79 Å². The Morgan fingerprint density at radius 3 is 2.83 bits per heavy atom. The summed E-state index contributed by atoms with van der Waals surface area (Å²) in [6.45, 7) is 4.97. The van der Waals surface area contributed by atoms with Crippen LogP contribution in [0, 0.1) is 6.92 Å². The van der Waals surface area contributed by atoms with E-state index in [-0.39, 0.29) is 5.91 Å². The average molecular weight is 249 g/mol. The van der Waals surface area contributed by atoms with Gasteiger partial charge in [-0.25, -0.2) is 0 Å². The summed E-state index contributed by atoms with van der Waals surface area (Å²) < 4.78 is 1.93. The highest BCUT2D eigenvalue weighted by Crippen LogP contribution is 2.18. The molecule has 4 heteroatoms. The number of hydrogen-bond donors (Lipinski definition) is 1. The Morgan fingerprint density at radius 1 is 1.50 bits per heavy atom. The molecular weight excluding hydrogens is 226 g/mol. The van der Waals surface area contributed by atoms with Gasteiger partial charge in [-0.1, -0.05) is 12.8 Å². The smallest absolute Gasteiger partial charge is 0.220 e. The molecule has 1 aliphatic rings. The van der Waals surface area contributed by atoms with Gasteiger partial charge in [-0.05, 0) is 38.7 Å². The van der Waals surface area contributed by atoms with Crippen molar-refractivity contribution in [1.29, 1.82) is 0 Å². The van der Waals surface area contributed by atoms with Gasteiger partial charge in [0.05, 0.1) is 5.69 Å². The van der Waals surface area contributed by atoms with E-state index >= 15 is 0 Å². The van der Waals surface area contributed by atoms with Gasteiger partial charge < -0.3 is 5.32 Å². The molecule has 4 nitrogen and oxygen atoms in total. The van der Waals surface area contributed by atoms with Gasteiger partial charge in [-0.3, -0.25) is 9.48 Å². The minimum Gasteiger partial charge on any atom is -0.353 e. The van der Waals surface area contributed by atoms with E-state index in [1.807, 2.05) is 11.6 Å². The summed E-state index contributed by atoms with van der Waals surface area (Å²) in [5.74, 6) is 0.186. The van der Waals surface area contributed by atoms with Gasteiger partial charge in [0, 0.05) is 25.2 Å². The predicted molar refractivity (Wildman–Crippen MR) is 71.4 cm³/mol. The molecule has 0 radical (unpaired) electrons. The molecule has 1 aromatic rings. The Kier molecular flexibility index (Phi) is 4.39. The molecule has 1 N–H and O–H groups in total. The second-order valence-electron chi connectivity index (χ2n) is 5.14. The Balaban J connectivity index is 1.79. The highest BCUT2D eigenvalue weighted by Gasteiger charge is 2.17. The fourth-order valence-corrected chi connectivity index (χ4v) is 2.58. The van der Waals surface area contributed by atoms with Crippen molar-refractivity contribution >= 4 is 5.91 Å². The number of carbonyl (C=O) groups excluding carboxylic acids is 1. The van der Waals surface area contributed by atoms with Gasteiger partial charge in [0.25, 0.3) is 0 Å². The molecule has 0 atom stereocenters. The maximum atomic E-state index is 11.8. The van der Waals surface area contributed by atoms with E-state index in [1.165, 1.54) is 18.4 Å². The van der Waals surface area contributed by atoms with Gasteiger partial charge in [0.15, 0.2) is 0 Å². The van der Waals surface area contributed by atoms with E-state index in [0.717, 1.165) is 31.5 Å². The Hall–Kier alpha value is -1.32. The third-order valence-electron chi connectivity index (χ3n) is 3.71. The van der Waals surface area contributed by atoms with Crippen LogP contribution in [0.3, 0.4) is 0 Å².